The van der Waals surface area contributed by atoms with Crippen LogP contribution < -0.4 is 5.56 Å². The van der Waals surface area contributed by atoms with E-state index in [0.717, 1.165) is 4.68 Å². The summed E-state index contributed by atoms with van der Waals surface area (Å²) < 4.78 is 20.4. The third kappa shape index (κ3) is 4.09. The summed E-state index contributed by atoms with van der Waals surface area (Å²) in [6, 6.07) is 6.37. The average molecular weight is 399 g/mol. The fourth-order valence-electron chi connectivity index (χ4n) is 2.24. The molecule has 0 amide bonds. The highest BCUT2D eigenvalue weighted by molar-refractivity contribution is 6.31. The van der Waals surface area contributed by atoms with Gasteiger partial charge in [0.2, 0.25) is 5.89 Å². The Hall–Kier alpha value is -2.29. The fraction of sp³-hybridized carbons (Fsp3) is 0.250. The first-order chi connectivity index (χ1) is 12.5. The predicted molar refractivity (Wildman–Crippen MR) is 91.8 cm³/mol. The van der Waals surface area contributed by atoms with Crippen molar-refractivity contribution in [1.29, 1.82) is 0 Å². The zero-order valence-corrected chi connectivity index (χ0v) is 14.8. The van der Waals surface area contributed by atoms with E-state index in [2.05, 4.69) is 15.2 Å². The Morgan fingerprint density at radius 2 is 2.00 bits per heavy atom. The molecule has 1 aromatic carbocycles. The molecule has 3 aromatic rings. The van der Waals surface area contributed by atoms with Crippen molar-refractivity contribution in [2.75, 3.05) is 0 Å². The number of benzene rings is 1. The molecule has 7 nitrogen and oxygen atoms in total. The van der Waals surface area contributed by atoms with Crippen LogP contribution in [0.15, 0.2) is 39.8 Å². The first-order valence-corrected chi connectivity index (χ1v) is 8.30. The fourth-order valence-corrected chi connectivity index (χ4v) is 2.57. The lowest BCUT2D eigenvalue weighted by Crippen LogP contribution is -2.25. The van der Waals surface area contributed by atoms with Crippen LogP contribution in [-0.2, 0) is 19.6 Å². The lowest BCUT2D eigenvalue weighted by molar-refractivity contribution is 0.280. The predicted octanol–water partition coefficient (Wildman–Crippen LogP) is 2.73. The maximum Gasteiger partial charge on any atom is 0.286 e. The highest BCUT2D eigenvalue weighted by atomic mass is 35.5. The van der Waals surface area contributed by atoms with Crippen LogP contribution in [0.25, 0.3) is 0 Å². The van der Waals surface area contributed by atoms with Gasteiger partial charge in [-0.25, -0.2) is 9.07 Å². The van der Waals surface area contributed by atoms with E-state index >= 15 is 0 Å². The molecule has 0 radical (unpaired) electrons. The molecule has 0 saturated carbocycles. The van der Waals surface area contributed by atoms with Crippen molar-refractivity contribution in [3.8, 4) is 0 Å². The van der Waals surface area contributed by atoms with Crippen molar-refractivity contribution in [2.24, 2.45) is 0 Å². The van der Waals surface area contributed by atoms with Gasteiger partial charge in [0.05, 0.1) is 12.8 Å². The summed E-state index contributed by atoms with van der Waals surface area (Å²) in [5.74, 6) is 0.249. The van der Waals surface area contributed by atoms with Crippen LogP contribution in [0.1, 0.15) is 29.0 Å². The van der Waals surface area contributed by atoms with Gasteiger partial charge >= 0.3 is 0 Å². The van der Waals surface area contributed by atoms with E-state index in [0.29, 0.717) is 10.6 Å². The van der Waals surface area contributed by atoms with Crippen molar-refractivity contribution in [2.45, 2.75) is 25.7 Å². The van der Waals surface area contributed by atoms with Crippen molar-refractivity contribution in [3.05, 3.63) is 73.7 Å². The van der Waals surface area contributed by atoms with E-state index in [1.54, 1.807) is 24.3 Å². The zero-order chi connectivity index (χ0) is 18.7. The van der Waals surface area contributed by atoms with Gasteiger partial charge in [-0.05, 0) is 17.7 Å². The minimum atomic E-state index is -1.32. The Labute approximate surface area is 157 Å². The van der Waals surface area contributed by atoms with Crippen LogP contribution >= 0.6 is 23.2 Å². The summed E-state index contributed by atoms with van der Waals surface area (Å²) in [6.07, 6.45) is -0.131. The summed E-state index contributed by atoms with van der Waals surface area (Å²) >= 11 is 11.6. The van der Waals surface area contributed by atoms with Gasteiger partial charge in [0.1, 0.15) is 17.7 Å². The number of hydrogen-bond acceptors (Lipinski definition) is 6. The van der Waals surface area contributed by atoms with E-state index in [4.69, 9.17) is 32.8 Å². The summed E-state index contributed by atoms with van der Waals surface area (Å²) in [4.78, 5) is 16.1. The van der Waals surface area contributed by atoms with Gasteiger partial charge in [0, 0.05) is 17.0 Å². The van der Waals surface area contributed by atoms with Crippen LogP contribution in [0, 0.1) is 0 Å². The molecule has 0 aliphatic carbocycles. The number of aliphatic hydroxyl groups excluding tert-OH is 1. The van der Waals surface area contributed by atoms with Gasteiger partial charge in [-0.15, -0.1) is 0 Å². The highest BCUT2D eigenvalue weighted by Crippen LogP contribution is 2.23. The molecule has 1 atom stereocenters. The second-order valence-electron chi connectivity index (χ2n) is 5.43. The van der Waals surface area contributed by atoms with Crippen molar-refractivity contribution in [3.63, 3.8) is 0 Å². The lowest BCUT2D eigenvalue weighted by atomic mass is 10.1. The largest absolute Gasteiger partial charge is 0.392 e. The topological polar surface area (TPSA) is 94.0 Å². The van der Waals surface area contributed by atoms with E-state index in [1.165, 1.54) is 6.20 Å². The maximum absolute atomic E-state index is 14.3. The molecule has 0 aliphatic heterocycles. The summed E-state index contributed by atoms with van der Waals surface area (Å²) in [7, 11) is 0. The van der Waals surface area contributed by atoms with E-state index in [1.807, 2.05) is 0 Å². The third-order valence-corrected chi connectivity index (χ3v) is 4.27. The van der Waals surface area contributed by atoms with Crippen LogP contribution in [-0.4, -0.2) is 25.0 Å². The number of halogens is 3. The molecule has 2 aromatic heterocycles. The van der Waals surface area contributed by atoms with E-state index in [9.17, 15) is 9.18 Å². The van der Waals surface area contributed by atoms with Crippen LogP contribution in [0.4, 0.5) is 4.39 Å². The number of aliphatic hydroxyl groups is 1. The number of alkyl halides is 1. The van der Waals surface area contributed by atoms with Crippen LogP contribution in [0.2, 0.25) is 10.0 Å². The zero-order valence-electron chi connectivity index (χ0n) is 13.3. The Balaban J connectivity index is 1.71. The normalized spacial score (nSPS) is 12.3. The lowest BCUT2D eigenvalue weighted by Gasteiger charge is -2.05. The molecule has 0 bridgehead atoms. The Kier molecular flexibility index (Phi) is 5.65. The van der Waals surface area contributed by atoms with Crippen molar-refractivity contribution >= 4 is 23.2 Å². The minimum Gasteiger partial charge on any atom is -0.392 e. The van der Waals surface area contributed by atoms with E-state index < -0.39 is 18.3 Å². The molecule has 2 heterocycles. The molecular weight excluding hydrogens is 386 g/mol. The van der Waals surface area contributed by atoms with Crippen LogP contribution in [0.5, 0.6) is 0 Å². The Morgan fingerprint density at radius 1 is 1.27 bits per heavy atom. The first kappa shape index (κ1) is 18.5. The monoisotopic (exact) mass is 398 g/mol. The van der Waals surface area contributed by atoms with Gasteiger partial charge in [-0.1, -0.05) is 40.5 Å². The Morgan fingerprint density at radius 3 is 2.69 bits per heavy atom. The molecule has 0 saturated heterocycles. The number of hydrogen-bond donors (Lipinski definition) is 1. The molecular formula is C16H13Cl2FN4O3. The summed E-state index contributed by atoms with van der Waals surface area (Å²) in [5.41, 5.74) is 0.0786. The molecule has 0 fully saturated rings. The van der Waals surface area contributed by atoms with E-state index in [-0.39, 0.29) is 35.3 Å². The molecule has 136 valence electrons. The molecule has 3 rings (SSSR count). The first-order valence-electron chi connectivity index (χ1n) is 7.54. The molecule has 0 spiro atoms. The van der Waals surface area contributed by atoms with Gasteiger partial charge < -0.3 is 9.63 Å². The maximum atomic E-state index is 14.3. The highest BCUT2D eigenvalue weighted by Gasteiger charge is 2.17. The third-order valence-electron chi connectivity index (χ3n) is 3.62. The smallest absolute Gasteiger partial charge is 0.286 e. The number of rotatable bonds is 6. The second kappa shape index (κ2) is 7.94. The quantitative estimate of drug-likeness (QED) is 0.685. The molecule has 1 N–H and O–H groups in total. The van der Waals surface area contributed by atoms with Gasteiger partial charge in [0.15, 0.2) is 5.82 Å². The minimum absolute atomic E-state index is 0.0856. The molecule has 0 aliphatic rings. The Bertz CT molecular complexity index is 959. The number of nitrogens with zero attached hydrogens (tertiary/aromatic N) is 4. The molecule has 1 unspecified atom stereocenters. The standard InChI is InChI=1S/C16H13Cl2FN4O3/c17-11-3-1-9(2-4-11)12(19)5-13-21-14(26-22-13)7-23-16(25)15(18)10(8-24)6-20-23/h1-4,6,12,24H,5,7-8H2. The van der Waals surface area contributed by atoms with Crippen LogP contribution in [0.3, 0.4) is 0 Å². The SMILES string of the molecule is O=c1c(Cl)c(CO)cnn1Cc1nc(CC(F)c2ccc(Cl)cc2)no1. The van der Waals surface area contributed by atoms with Gasteiger partial charge in [-0.3, -0.25) is 4.79 Å². The van der Waals surface area contributed by atoms with Gasteiger partial charge in [0.25, 0.3) is 5.56 Å². The molecule has 26 heavy (non-hydrogen) atoms. The van der Waals surface area contributed by atoms with Crippen molar-refractivity contribution in [1.82, 2.24) is 19.9 Å². The second-order valence-corrected chi connectivity index (χ2v) is 6.25. The molecule has 10 heteroatoms. The number of aromatic nitrogens is 4. The summed E-state index contributed by atoms with van der Waals surface area (Å²) in [5, 5.41) is 17.0. The average Bonchev–Trinajstić information content (AvgIpc) is 3.06. The summed E-state index contributed by atoms with van der Waals surface area (Å²) in [6.45, 7) is -0.510. The van der Waals surface area contributed by atoms with Crippen molar-refractivity contribution < 1.29 is 14.0 Å². The van der Waals surface area contributed by atoms with Gasteiger partial charge in [-0.2, -0.15) is 10.1 Å².